The normalized spacial score (nSPS) is 12.5. The zero-order valence-electron chi connectivity index (χ0n) is 9.28. The molecule has 1 unspecified atom stereocenters. The van der Waals surface area contributed by atoms with Gasteiger partial charge in [-0.1, -0.05) is 23.8 Å². The summed E-state index contributed by atoms with van der Waals surface area (Å²) < 4.78 is 0. The van der Waals surface area contributed by atoms with Crippen molar-refractivity contribution in [2.24, 2.45) is 0 Å². The van der Waals surface area contributed by atoms with Crippen molar-refractivity contribution in [1.82, 2.24) is 0 Å². The molecule has 1 atom stereocenters. The summed E-state index contributed by atoms with van der Waals surface area (Å²) in [5, 5.41) is 8.41. The van der Waals surface area contributed by atoms with Crippen LogP contribution in [0.25, 0.3) is 0 Å². The number of hydrogen-bond acceptors (Lipinski definition) is 2. The Labute approximate surface area is 94.7 Å². The van der Waals surface area contributed by atoms with Crippen LogP contribution in [0.2, 0.25) is 0 Å². The van der Waals surface area contributed by atoms with E-state index in [9.17, 15) is 4.79 Å². The number of carboxylic acid groups (broad SMARTS) is 1. The van der Waals surface area contributed by atoms with E-state index < -0.39 is 5.97 Å². The largest absolute Gasteiger partial charge is 0.480 e. The van der Waals surface area contributed by atoms with Crippen LogP contribution in [0, 0.1) is 13.8 Å². The maximum Gasteiger partial charge on any atom is 0.316 e. The molecule has 0 radical (unpaired) electrons. The van der Waals surface area contributed by atoms with Crippen LogP contribution in [0.15, 0.2) is 18.2 Å². The van der Waals surface area contributed by atoms with Gasteiger partial charge in [0.1, 0.15) is 0 Å². The van der Waals surface area contributed by atoms with Crippen LogP contribution < -0.4 is 0 Å². The first kappa shape index (κ1) is 12.1. The molecule has 0 aromatic heterocycles. The van der Waals surface area contributed by atoms with Gasteiger partial charge in [-0.3, -0.25) is 4.79 Å². The minimum Gasteiger partial charge on any atom is -0.480 e. The van der Waals surface area contributed by atoms with E-state index in [0.717, 1.165) is 5.75 Å². The molecule has 0 bridgehead atoms. The molecule has 0 fully saturated rings. The highest BCUT2D eigenvalue weighted by Gasteiger charge is 2.11. The van der Waals surface area contributed by atoms with Crippen LogP contribution in [-0.2, 0) is 10.5 Å². The first-order valence-corrected chi connectivity index (χ1v) is 5.96. The number of aryl methyl sites for hydroxylation is 2. The Kier molecular flexibility index (Phi) is 4.21. The van der Waals surface area contributed by atoms with Crippen LogP contribution in [0.3, 0.4) is 0 Å². The van der Waals surface area contributed by atoms with E-state index in [1.807, 2.05) is 0 Å². The highest BCUT2D eigenvalue weighted by molar-refractivity contribution is 7.99. The molecule has 0 spiro atoms. The van der Waals surface area contributed by atoms with Crippen molar-refractivity contribution in [2.75, 3.05) is 0 Å². The van der Waals surface area contributed by atoms with Crippen molar-refractivity contribution in [2.45, 2.75) is 31.8 Å². The third-order valence-electron chi connectivity index (χ3n) is 2.33. The van der Waals surface area contributed by atoms with E-state index in [2.05, 4.69) is 32.0 Å². The molecular weight excluding hydrogens is 208 g/mol. The van der Waals surface area contributed by atoms with Gasteiger partial charge in [0.2, 0.25) is 0 Å². The Hall–Kier alpha value is -0.960. The Morgan fingerprint density at radius 2 is 2.13 bits per heavy atom. The van der Waals surface area contributed by atoms with Crippen molar-refractivity contribution < 1.29 is 9.90 Å². The van der Waals surface area contributed by atoms with E-state index in [1.54, 1.807) is 6.92 Å². The molecule has 82 valence electrons. The lowest BCUT2D eigenvalue weighted by Crippen LogP contribution is -2.11. The molecule has 0 aliphatic carbocycles. The van der Waals surface area contributed by atoms with Crippen LogP contribution in [0.1, 0.15) is 23.6 Å². The molecule has 0 aliphatic rings. The number of rotatable bonds is 4. The molecular formula is C12H16O2S. The van der Waals surface area contributed by atoms with Crippen LogP contribution >= 0.6 is 11.8 Å². The summed E-state index contributed by atoms with van der Waals surface area (Å²) in [4.78, 5) is 10.6. The topological polar surface area (TPSA) is 37.3 Å². The number of benzene rings is 1. The maximum atomic E-state index is 10.6. The maximum absolute atomic E-state index is 10.6. The molecule has 1 N–H and O–H groups in total. The van der Waals surface area contributed by atoms with Gasteiger partial charge in [0.15, 0.2) is 0 Å². The van der Waals surface area contributed by atoms with Crippen LogP contribution in [0.5, 0.6) is 0 Å². The molecule has 1 aromatic rings. The number of carboxylic acids is 1. The molecule has 0 saturated carbocycles. The van der Waals surface area contributed by atoms with E-state index >= 15 is 0 Å². The summed E-state index contributed by atoms with van der Waals surface area (Å²) in [5.41, 5.74) is 3.70. The second kappa shape index (κ2) is 5.21. The molecule has 0 amide bonds. The Morgan fingerprint density at radius 1 is 1.47 bits per heavy atom. The molecule has 0 saturated heterocycles. The van der Waals surface area contributed by atoms with E-state index in [1.165, 1.54) is 28.5 Å². The van der Waals surface area contributed by atoms with Crippen molar-refractivity contribution in [3.8, 4) is 0 Å². The SMILES string of the molecule is Cc1ccc(CSC(C)C(=O)O)c(C)c1. The van der Waals surface area contributed by atoms with E-state index in [0.29, 0.717) is 0 Å². The number of carbonyl (C=O) groups is 1. The fourth-order valence-electron chi connectivity index (χ4n) is 1.29. The monoisotopic (exact) mass is 224 g/mol. The van der Waals surface area contributed by atoms with Crippen molar-refractivity contribution in [3.05, 3.63) is 34.9 Å². The Bertz CT molecular complexity index is 361. The average molecular weight is 224 g/mol. The van der Waals surface area contributed by atoms with Crippen molar-refractivity contribution >= 4 is 17.7 Å². The molecule has 3 heteroatoms. The van der Waals surface area contributed by atoms with Gasteiger partial charge in [-0.25, -0.2) is 0 Å². The Morgan fingerprint density at radius 3 is 2.67 bits per heavy atom. The first-order valence-electron chi connectivity index (χ1n) is 4.91. The molecule has 1 aromatic carbocycles. The van der Waals surface area contributed by atoms with Gasteiger partial charge in [-0.05, 0) is 31.9 Å². The minimum absolute atomic E-state index is 0.342. The van der Waals surface area contributed by atoms with Crippen LogP contribution in [0.4, 0.5) is 0 Å². The van der Waals surface area contributed by atoms with Gasteiger partial charge in [-0.15, -0.1) is 11.8 Å². The second-order valence-corrected chi connectivity index (χ2v) is 5.05. The number of thioether (sulfide) groups is 1. The average Bonchev–Trinajstić information content (AvgIpc) is 2.15. The fraction of sp³-hybridized carbons (Fsp3) is 0.417. The lowest BCUT2D eigenvalue weighted by atomic mass is 10.1. The van der Waals surface area contributed by atoms with Gasteiger partial charge in [0, 0.05) is 5.75 Å². The van der Waals surface area contributed by atoms with Gasteiger partial charge >= 0.3 is 5.97 Å². The summed E-state index contributed by atoms with van der Waals surface area (Å²) in [7, 11) is 0. The quantitative estimate of drug-likeness (QED) is 0.854. The minimum atomic E-state index is -0.746. The number of hydrogen-bond donors (Lipinski definition) is 1. The molecule has 15 heavy (non-hydrogen) atoms. The van der Waals surface area contributed by atoms with E-state index in [4.69, 9.17) is 5.11 Å². The molecule has 1 rings (SSSR count). The third kappa shape index (κ3) is 3.59. The smallest absolute Gasteiger partial charge is 0.316 e. The first-order chi connectivity index (χ1) is 7.00. The zero-order chi connectivity index (χ0) is 11.4. The third-order valence-corrected chi connectivity index (χ3v) is 3.51. The number of aliphatic carboxylic acids is 1. The predicted molar refractivity (Wildman–Crippen MR) is 64.3 cm³/mol. The highest BCUT2D eigenvalue weighted by atomic mass is 32.2. The summed E-state index contributed by atoms with van der Waals surface area (Å²) in [6.45, 7) is 5.84. The van der Waals surface area contributed by atoms with Gasteiger partial charge in [0.25, 0.3) is 0 Å². The summed E-state index contributed by atoms with van der Waals surface area (Å²) in [6.07, 6.45) is 0. The fourth-order valence-corrected chi connectivity index (χ4v) is 2.19. The summed E-state index contributed by atoms with van der Waals surface area (Å²) >= 11 is 1.46. The van der Waals surface area contributed by atoms with Crippen molar-refractivity contribution in [1.29, 1.82) is 0 Å². The zero-order valence-corrected chi connectivity index (χ0v) is 10.1. The molecule has 2 nitrogen and oxygen atoms in total. The lowest BCUT2D eigenvalue weighted by molar-refractivity contribution is -0.136. The second-order valence-electron chi connectivity index (χ2n) is 3.72. The van der Waals surface area contributed by atoms with E-state index in [-0.39, 0.29) is 5.25 Å². The predicted octanol–water partition coefficient (Wildman–Crippen LogP) is 3.01. The Balaban J connectivity index is 2.62. The summed E-state index contributed by atoms with van der Waals surface area (Å²) in [5.74, 6) is 0.0179. The standard InChI is InChI=1S/C12H16O2S/c1-8-4-5-11(9(2)6-8)7-15-10(3)12(13)14/h4-6,10H,7H2,1-3H3,(H,13,14). The van der Waals surface area contributed by atoms with Gasteiger partial charge in [-0.2, -0.15) is 0 Å². The van der Waals surface area contributed by atoms with Crippen LogP contribution in [-0.4, -0.2) is 16.3 Å². The lowest BCUT2D eigenvalue weighted by Gasteiger charge is -2.09. The van der Waals surface area contributed by atoms with Crippen molar-refractivity contribution in [3.63, 3.8) is 0 Å². The highest BCUT2D eigenvalue weighted by Crippen LogP contribution is 2.20. The van der Waals surface area contributed by atoms with Gasteiger partial charge < -0.3 is 5.11 Å². The molecule has 0 heterocycles. The van der Waals surface area contributed by atoms with Gasteiger partial charge in [0.05, 0.1) is 5.25 Å². The molecule has 0 aliphatic heterocycles. The summed E-state index contributed by atoms with van der Waals surface area (Å²) in [6, 6.07) is 6.27.